The first-order chi connectivity index (χ1) is 10.8. The molecule has 0 radical (unpaired) electrons. The number of aryl methyl sites for hydroxylation is 2. The van der Waals surface area contributed by atoms with Crippen LogP contribution in [0.25, 0.3) is 5.57 Å². The van der Waals surface area contributed by atoms with Gasteiger partial charge in [0.05, 0.1) is 11.7 Å². The zero-order valence-corrected chi connectivity index (χ0v) is 14.7. The summed E-state index contributed by atoms with van der Waals surface area (Å²) in [7, 11) is 0. The molecule has 0 saturated carbocycles. The standard InChI is InChI=1S/C18H22ClNO3/c1-11(2)23-9-5-8-20-17(21)15(16(19)18(20)22)14-7-6-12(3)10-13(14)4/h6-7,10-11H,5,8-9H2,1-4H3. The summed E-state index contributed by atoms with van der Waals surface area (Å²) in [5, 5.41) is 0.00623. The summed E-state index contributed by atoms with van der Waals surface area (Å²) >= 11 is 6.16. The fourth-order valence-electron chi connectivity index (χ4n) is 2.62. The van der Waals surface area contributed by atoms with Crippen molar-refractivity contribution in [3.05, 3.63) is 39.9 Å². The highest BCUT2D eigenvalue weighted by molar-refractivity contribution is 6.55. The number of halogens is 1. The number of hydrogen-bond acceptors (Lipinski definition) is 3. The Morgan fingerprint density at radius 3 is 2.48 bits per heavy atom. The summed E-state index contributed by atoms with van der Waals surface area (Å²) in [4.78, 5) is 26.1. The highest BCUT2D eigenvalue weighted by atomic mass is 35.5. The van der Waals surface area contributed by atoms with Crippen LogP contribution in [0.3, 0.4) is 0 Å². The van der Waals surface area contributed by atoms with Crippen LogP contribution in [-0.4, -0.2) is 36.0 Å². The van der Waals surface area contributed by atoms with Crippen LogP contribution in [-0.2, 0) is 14.3 Å². The Morgan fingerprint density at radius 2 is 1.87 bits per heavy atom. The monoisotopic (exact) mass is 335 g/mol. The van der Waals surface area contributed by atoms with Gasteiger partial charge in [-0.25, -0.2) is 0 Å². The molecule has 0 spiro atoms. The van der Waals surface area contributed by atoms with Crippen LogP contribution >= 0.6 is 11.6 Å². The number of benzene rings is 1. The molecule has 0 fully saturated rings. The van der Waals surface area contributed by atoms with E-state index in [1.807, 2.05) is 45.9 Å². The van der Waals surface area contributed by atoms with E-state index in [1.165, 1.54) is 4.90 Å². The second kappa shape index (κ2) is 7.28. The second-order valence-corrected chi connectivity index (χ2v) is 6.42. The van der Waals surface area contributed by atoms with Gasteiger partial charge in [-0.15, -0.1) is 0 Å². The minimum Gasteiger partial charge on any atom is -0.379 e. The van der Waals surface area contributed by atoms with E-state index in [2.05, 4.69) is 0 Å². The number of carbonyl (C=O) groups is 2. The van der Waals surface area contributed by atoms with E-state index in [4.69, 9.17) is 16.3 Å². The second-order valence-electron chi connectivity index (χ2n) is 6.04. The lowest BCUT2D eigenvalue weighted by atomic mass is 9.99. The predicted octanol–water partition coefficient (Wildman–Crippen LogP) is 3.44. The lowest BCUT2D eigenvalue weighted by Gasteiger charge is -2.16. The van der Waals surface area contributed by atoms with Crippen molar-refractivity contribution in [1.29, 1.82) is 0 Å². The van der Waals surface area contributed by atoms with E-state index < -0.39 is 5.91 Å². The summed E-state index contributed by atoms with van der Waals surface area (Å²) < 4.78 is 5.45. The summed E-state index contributed by atoms with van der Waals surface area (Å²) in [6.07, 6.45) is 0.729. The number of hydrogen-bond donors (Lipinski definition) is 0. The normalized spacial score (nSPS) is 15.3. The SMILES string of the molecule is Cc1ccc(C2=C(Cl)C(=O)N(CCCOC(C)C)C2=O)c(C)c1. The molecule has 0 bridgehead atoms. The van der Waals surface area contributed by atoms with Crippen LogP contribution in [0.1, 0.15) is 37.0 Å². The minimum atomic E-state index is -0.420. The minimum absolute atomic E-state index is 0.00623. The third kappa shape index (κ3) is 3.82. The van der Waals surface area contributed by atoms with Gasteiger partial charge in [-0.2, -0.15) is 0 Å². The van der Waals surface area contributed by atoms with E-state index in [-0.39, 0.29) is 17.0 Å². The van der Waals surface area contributed by atoms with Crippen molar-refractivity contribution in [2.45, 2.75) is 40.2 Å². The lowest BCUT2D eigenvalue weighted by Crippen LogP contribution is -2.33. The van der Waals surface area contributed by atoms with Crippen LogP contribution in [0, 0.1) is 13.8 Å². The highest BCUT2D eigenvalue weighted by Crippen LogP contribution is 2.33. The van der Waals surface area contributed by atoms with Crippen LogP contribution in [0.15, 0.2) is 23.2 Å². The van der Waals surface area contributed by atoms with Crippen LogP contribution in [0.4, 0.5) is 0 Å². The number of amides is 2. The molecule has 1 aliphatic heterocycles. The van der Waals surface area contributed by atoms with Gasteiger partial charge in [-0.3, -0.25) is 14.5 Å². The van der Waals surface area contributed by atoms with Gasteiger partial charge in [0.1, 0.15) is 5.03 Å². The summed E-state index contributed by atoms with van der Waals surface area (Å²) in [6.45, 7) is 8.61. The molecule has 124 valence electrons. The molecule has 0 saturated heterocycles. The molecule has 1 aromatic carbocycles. The molecule has 4 nitrogen and oxygen atoms in total. The molecule has 0 N–H and O–H groups in total. The summed E-state index contributed by atoms with van der Waals surface area (Å²) in [5.41, 5.74) is 3.06. The van der Waals surface area contributed by atoms with E-state index in [0.29, 0.717) is 25.1 Å². The molecule has 1 heterocycles. The zero-order chi connectivity index (χ0) is 17.1. The molecule has 1 aromatic rings. The molecule has 0 atom stereocenters. The first-order valence-electron chi connectivity index (χ1n) is 7.78. The molecule has 0 unspecified atom stereocenters. The van der Waals surface area contributed by atoms with Crippen LogP contribution in [0.5, 0.6) is 0 Å². The lowest BCUT2D eigenvalue weighted by molar-refractivity contribution is -0.136. The third-order valence-electron chi connectivity index (χ3n) is 3.74. The van der Waals surface area contributed by atoms with Gasteiger partial charge in [0, 0.05) is 13.2 Å². The maximum Gasteiger partial charge on any atom is 0.273 e. The van der Waals surface area contributed by atoms with Crippen molar-refractivity contribution in [2.24, 2.45) is 0 Å². The maximum absolute atomic E-state index is 12.6. The van der Waals surface area contributed by atoms with Crippen molar-refractivity contribution >= 4 is 29.0 Å². The average Bonchev–Trinajstić information content (AvgIpc) is 2.67. The van der Waals surface area contributed by atoms with Gasteiger partial charge < -0.3 is 4.74 Å². The molecule has 0 aromatic heterocycles. The fourth-order valence-corrected chi connectivity index (χ4v) is 2.90. The molecule has 23 heavy (non-hydrogen) atoms. The Bertz CT molecular complexity index is 664. The molecule has 2 amide bonds. The van der Waals surface area contributed by atoms with Gasteiger partial charge >= 0.3 is 0 Å². The smallest absolute Gasteiger partial charge is 0.273 e. The number of nitrogens with zero attached hydrogens (tertiary/aromatic N) is 1. The molecule has 1 aliphatic rings. The van der Waals surface area contributed by atoms with E-state index in [0.717, 1.165) is 16.7 Å². The van der Waals surface area contributed by atoms with Crippen LogP contribution in [0.2, 0.25) is 0 Å². The van der Waals surface area contributed by atoms with Gasteiger partial charge in [0.25, 0.3) is 11.8 Å². The van der Waals surface area contributed by atoms with Crippen LogP contribution < -0.4 is 0 Å². The average molecular weight is 336 g/mol. The molecule has 5 heteroatoms. The first-order valence-corrected chi connectivity index (χ1v) is 8.16. The van der Waals surface area contributed by atoms with Gasteiger partial charge in [-0.1, -0.05) is 35.4 Å². The summed E-state index contributed by atoms with van der Waals surface area (Å²) in [5.74, 6) is -0.743. The van der Waals surface area contributed by atoms with Gasteiger partial charge in [0.15, 0.2) is 0 Å². The fraction of sp³-hybridized carbons (Fsp3) is 0.444. The molecular formula is C18H22ClNO3. The number of imide groups is 1. The Hall–Kier alpha value is -1.65. The topological polar surface area (TPSA) is 46.6 Å². The summed E-state index contributed by atoms with van der Waals surface area (Å²) in [6, 6.07) is 5.73. The van der Waals surface area contributed by atoms with E-state index in [1.54, 1.807) is 0 Å². The third-order valence-corrected chi connectivity index (χ3v) is 4.09. The quantitative estimate of drug-likeness (QED) is 0.591. The number of rotatable bonds is 6. The number of ether oxygens (including phenoxy) is 1. The molecule has 2 rings (SSSR count). The van der Waals surface area contributed by atoms with Crippen molar-refractivity contribution < 1.29 is 14.3 Å². The molecule has 0 aliphatic carbocycles. The van der Waals surface area contributed by atoms with Crippen molar-refractivity contribution in [3.63, 3.8) is 0 Å². The predicted molar refractivity (Wildman–Crippen MR) is 91.1 cm³/mol. The van der Waals surface area contributed by atoms with Crippen molar-refractivity contribution in [2.75, 3.05) is 13.2 Å². The zero-order valence-electron chi connectivity index (χ0n) is 14.0. The Balaban J connectivity index is 2.16. The van der Waals surface area contributed by atoms with E-state index in [9.17, 15) is 9.59 Å². The van der Waals surface area contributed by atoms with Crippen molar-refractivity contribution in [1.82, 2.24) is 4.90 Å². The Morgan fingerprint density at radius 1 is 1.17 bits per heavy atom. The van der Waals surface area contributed by atoms with Crippen molar-refractivity contribution in [3.8, 4) is 0 Å². The maximum atomic E-state index is 12.6. The highest BCUT2D eigenvalue weighted by Gasteiger charge is 2.38. The van der Waals surface area contributed by atoms with Gasteiger partial charge in [-0.05, 0) is 45.2 Å². The molecular weight excluding hydrogens is 314 g/mol. The van der Waals surface area contributed by atoms with Gasteiger partial charge in [0.2, 0.25) is 0 Å². The first kappa shape index (κ1) is 17.7. The Labute approximate surface area is 142 Å². The largest absolute Gasteiger partial charge is 0.379 e. The van der Waals surface area contributed by atoms with E-state index >= 15 is 0 Å². The Kier molecular flexibility index (Phi) is 5.60. The number of carbonyl (C=O) groups excluding carboxylic acids is 2.